The number of ether oxygens (including phenoxy) is 3. The Hall–Kier alpha value is -0.940. The predicted molar refractivity (Wildman–Crippen MR) is 62.4 cm³/mol. The molecule has 1 aliphatic rings. The molecule has 1 unspecified atom stereocenters. The molecule has 0 radical (unpaired) electrons. The van der Waals surface area contributed by atoms with Crippen molar-refractivity contribution >= 4 is 0 Å². The van der Waals surface area contributed by atoms with Crippen LogP contribution in [0, 0.1) is 0 Å². The quantitative estimate of drug-likeness (QED) is 0.840. The second kappa shape index (κ2) is 6.12. The number of aliphatic hydroxyl groups excluding tert-OH is 1. The van der Waals surface area contributed by atoms with Gasteiger partial charge in [-0.05, 0) is 5.56 Å². The van der Waals surface area contributed by atoms with Crippen molar-refractivity contribution in [2.45, 2.75) is 31.5 Å². The maximum atomic E-state index is 9.19. The van der Waals surface area contributed by atoms with Gasteiger partial charge in [0.1, 0.15) is 6.10 Å². The van der Waals surface area contributed by atoms with E-state index in [1.807, 2.05) is 30.3 Å². The van der Waals surface area contributed by atoms with Gasteiger partial charge in [-0.15, -0.1) is 0 Å². The fourth-order valence-electron chi connectivity index (χ4n) is 1.94. The molecule has 1 N–H and O–H groups in total. The summed E-state index contributed by atoms with van der Waals surface area (Å²) in [6.07, 6.45) is -0.00378. The first-order valence-corrected chi connectivity index (χ1v) is 5.78. The van der Waals surface area contributed by atoms with Gasteiger partial charge in [0, 0.05) is 13.5 Å². The summed E-state index contributed by atoms with van der Waals surface area (Å²) in [5.41, 5.74) is 1.12. The summed E-state index contributed by atoms with van der Waals surface area (Å²) in [4.78, 5) is 0. The van der Waals surface area contributed by atoms with Crippen LogP contribution in [-0.2, 0) is 20.8 Å². The van der Waals surface area contributed by atoms with E-state index in [1.54, 1.807) is 7.11 Å². The molecular weight excluding hydrogens is 220 g/mol. The fourth-order valence-corrected chi connectivity index (χ4v) is 1.94. The molecule has 1 aromatic rings. The van der Waals surface area contributed by atoms with Gasteiger partial charge in [-0.1, -0.05) is 30.3 Å². The fraction of sp³-hybridized carbons (Fsp3) is 0.538. The Morgan fingerprint density at radius 1 is 1.35 bits per heavy atom. The molecule has 4 heteroatoms. The largest absolute Gasteiger partial charge is 0.394 e. The van der Waals surface area contributed by atoms with E-state index >= 15 is 0 Å². The maximum Gasteiger partial charge on any atom is 0.160 e. The highest BCUT2D eigenvalue weighted by Crippen LogP contribution is 2.24. The van der Waals surface area contributed by atoms with Gasteiger partial charge in [-0.3, -0.25) is 0 Å². The van der Waals surface area contributed by atoms with Gasteiger partial charge in [0.15, 0.2) is 6.29 Å². The Morgan fingerprint density at radius 2 is 2.12 bits per heavy atom. The summed E-state index contributed by atoms with van der Waals surface area (Å²) in [6.45, 7) is 0.487. The smallest absolute Gasteiger partial charge is 0.160 e. The third-order valence-corrected chi connectivity index (χ3v) is 2.92. The topological polar surface area (TPSA) is 47.9 Å². The molecule has 0 amide bonds. The van der Waals surface area contributed by atoms with E-state index in [2.05, 4.69) is 0 Å². The van der Waals surface area contributed by atoms with Crippen molar-refractivity contribution in [3.63, 3.8) is 0 Å². The molecular formula is C13H18O4. The molecule has 17 heavy (non-hydrogen) atoms. The van der Waals surface area contributed by atoms with Crippen molar-refractivity contribution in [2.75, 3.05) is 13.7 Å². The molecule has 1 aliphatic heterocycles. The summed E-state index contributed by atoms with van der Waals surface area (Å²) in [6, 6.07) is 9.95. The molecule has 0 bridgehead atoms. The van der Waals surface area contributed by atoms with Crippen molar-refractivity contribution in [1.82, 2.24) is 0 Å². The Kier molecular flexibility index (Phi) is 4.50. The van der Waals surface area contributed by atoms with Crippen LogP contribution >= 0.6 is 0 Å². The van der Waals surface area contributed by atoms with Gasteiger partial charge in [0.25, 0.3) is 0 Å². The van der Waals surface area contributed by atoms with Crippen molar-refractivity contribution in [3.05, 3.63) is 35.9 Å². The summed E-state index contributed by atoms with van der Waals surface area (Å²) < 4.78 is 16.3. The van der Waals surface area contributed by atoms with Crippen molar-refractivity contribution in [3.8, 4) is 0 Å². The van der Waals surface area contributed by atoms with E-state index in [9.17, 15) is 5.11 Å². The molecule has 1 heterocycles. The first-order chi connectivity index (χ1) is 8.33. The van der Waals surface area contributed by atoms with Crippen LogP contribution in [0.25, 0.3) is 0 Å². The van der Waals surface area contributed by atoms with Crippen molar-refractivity contribution in [2.24, 2.45) is 0 Å². The van der Waals surface area contributed by atoms with Gasteiger partial charge in [-0.25, -0.2) is 0 Å². The molecule has 1 fully saturated rings. The lowest BCUT2D eigenvalue weighted by Crippen LogP contribution is -2.27. The Labute approximate surface area is 101 Å². The standard InChI is InChI=1S/C13H18O4/c1-15-13-7-11(12(8-14)17-13)16-9-10-5-3-2-4-6-10/h2-6,11-14H,7-9H2,1H3/t11-,12+,13?/m0/s1. The highest BCUT2D eigenvalue weighted by Gasteiger charge is 2.35. The first kappa shape index (κ1) is 12.5. The second-order valence-electron chi connectivity index (χ2n) is 4.09. The lowest BCUT2D eigenvalue weighted by Gasteiger charge is -2.16. The molecule has 2 rings (SSSR count). The predicted octanol–water partition coefficient (Wildman–Crippen LogP) is 1.33. The number of hydrogen-bond donors (Lipinski definition) is 1. The minimum atomic E-state index is -0.288. The molecule has 0 saturated carbocycles. The van der Waals surface area contributed by atoms with Crippen LogP contribution < -0.4 is 0 Å². The van der Waals surface area contributed by atoms with Crippen LogP contribution in [0.2, 0.25) is 0 Å². The van der Waals surface area contributed by atoms with E-state index in [4.69, 9.17) is 14.2 Å². The lowest BCUT2D eigenvalue weighted by atomic mass is 10.2. The normalized spacial score (nSPS) is 28.5. The summed E-state index contributed by atoms with van der Waals surface area (Å²) in [7, 11) is 1.60. The van der Waals surface area contributed by atoms with Crippen LogP contribution in [0.4, 0.5) is 0 Å². The van der Waals surface area contributed by atoms with Crippen LogP contribution in [0.3, 0.4) is 0 Å². The average Bonchev–Trinajstić information content (AvgIpc) is 2.80. The van der Waals surface area contributed by atoms with Gasteiger partial charge in [0.2, 0.25) is 0 Å². The average molecular weight is 238 g/mol. The maximum absolute atomic E-state index is 9.19. The van der Waals surface area contributed by atoms with Gasteiger partial charge < -0.3 is 19.3 Å². The monoisotopic (exact) mass is 238 g/mol. The lowest BCUT2D eigenvalue weighted by molar-refractivity contribution is -0.130. The molecule has 94 valence electrons. The van der Waals surface area contributed by atoms with E-state index in [1.165, 1.54) is 0 Å². The van der Waals surface area contributed by atoms with Crippen molar-refractivity contribution < 1.29 is 19.3 Å². The van der Waals surface area contributed by atoms with Crippen molar-refractivity contribution in [1.29, 1.82) is 0 Å². The van der Waals surface area contributed by atoms with Crippen LogP contribution in [0.1, 0.15) is 12.0 Å². The van der Waals surface area contributed by atoms with Crippen LogP contribution in [0.5, 0.6) is 0 Å². The number of benzene rings is 1. The zero-order valence-corrected chi connectivity index (χ0v) is 9.91. The number of hydrogen-bond acceptors (Lipinski definition) is 4. The van der Waals surface area contributed by atoms with Crippen LogP contribution in [-0.4, -0.2) is 37.3 Å². The van der Waals surface area contributed by atoms with E-state index in [0.717, 1.165) is 5.56 Å². The van der Waals surface area contributed by atoms with E-state index < -0.39 is 0 Å². The van der Waals surface area contributed by atoms with Gasteiger partial charge in [0.05, 0.1) is 19.3 Å². The minimum Gasteiger partial charge on any atom is -0.394 e. The summed E-state index contributed by atoms with van der Waals surface area (Å²) >= 11 is 0. The zero-order valence-electron chi connectivity index (χ0n) is 9.91. The SMILES string of the molecule is COC1C[C@H](OCc2ccccc2)[C@@H](CO)O1. The van der Waals surface area contributed by atoms with E-state index in [-0.39, 0.29) is 25.1 Å². The van der Waals surface area contributed by atoms with Crippen LogP contribution in [0.15, 0.2) is 30.3 Å². The minimum absolute atomic E-state index is 0.0423. The molecule has 0 aromatic heterocycles. The van der Waals surface area contributed by atoms with Gasteiger partial charge >= 0.3 is 0 Å². The Bertz CT molecular complexity index is 327. The highest BCUT2D eigenvalue weighted by atomic mass is 16.7. The molecule has 1 saturated heterocycles. The summed E-state index contributed by atoms with van der Waals surface area (Å²) in [5.74, 6) is 0. The Balaban J connectivity index is 1.86. The second-order valence-corrected chi connectivity index (χ2v) is 4.09. The number of rotatable bonds is 5. The molecule has 1 aromatic carbocycles. The molecule has 0 spiro atoms. The molecule has 4 nitrogen and oxygen atoms in total. The third-order valence-electron chi connectivity index (χ3n) is 2.92. The zero-order chi connectivity index (χ0) is 12.1. The molecule has 3 atom stereocenters. The highest BCUT2D eigenvalue weighted by molar-refractivity contribution is 5.13. The first-order valence-electron chi connectivity index (χ1n) is 5.78. The summed E-state index contributed by atoms with van der Waals surface area (Å²) in [5, 5.41) is 9.19. The Morgan fingerprint density at radius 3 is 2.76 bits per heavy atom. The number of aliphatic hydroxyl groups is 1. The van der Waals surface area contributed by atoms with E-state index in [0.29, 0.717) is 13.0 Å². The third kappa shape index (κ3) is 3.26. The number of methoxy groups -OCH3 is 1. The van der Waals surface area contributed by atoms with Gasteiger partial charge in [-0.2, -0.15) is 0 Å². The molecule has 0 aliphatic carbocycles.